The van der Waals surface area contributed by atoms with Crippen molar-refractivity contribution < 1.29 is 14.6 Å². The second-order valence-corrected chi connectivity index (χ2v) is 6.61. The lowest BCUT2D eigenvalue weighted by Crippen LogP contribution is -2.08. The van der Waals surface area contributed by atoms with E-state index in [1.165, 1.54) is 22.3 Å². The number of benzene rings is 2. The van der Waals surface area contributed by atoms with Gasteiger partial charge in [0.05, 0.1) is 20.3 Å². The molecule has 2 aromatic carbocycles. The van der Waals surface area contributed by atoms with Gasteiger partial charge in [-0.2, -0.15) is 0 Å². The molecule has 3 rings (SSSR count). The third-order valence-corrected chi connectivity index (χ3v) is 4.99. The smallest absolute Gasteiger partial charge is 0.119 e. The fourth-order valence-electron chi connectivity index (χ4n) is 3.69. The third-order valence-electron chi connectivity index (χ3n) is 4.99. The Morgan fingerprint density at radius 3 is 1.88 bits per heavy atom. The zero-order chi connectivity index (χ0) is 17.1. The van der Waals surface area contributed by atoms with E-state index in [1.54, 1.807) is 14.2 Å². The van der Waals surface area contributed by atoms with Gasteiger partial charge in [-0.3, -0.25) is 0 Å². The summed E-state index contributed by atoms with van der Waals surface area (Å²) < 4.78 is 10.8. The summed E-state index contributed by atoms with van der Waals surface area (Å²) >= 11 is 0. The molecule has 1 atom stereocenters. The Hall–Kier alpha value is -2.00. The second-order valence-electron chi connectivity index (χ2n) is 6.61. The molecule has 0 saturated heterocycles. The van der Waals surface area contributed by atoms with E-state index in [0.29, 0.717) is 5.92 Å². The van der Waals surface area contributed by atoms with E-state index in [-0.39, 0.29) is 6.10 Å². The van der Waals surface area contributed by atoms with Crippen molar-refractivity contribution in [3.05, 3.63) is 58.7 Å². The molecular formula is C21H26O3. The van der Waals surface area contributed by atoms with Crippen molar-refractivity contribution in [1.29, 1.82) is 0 Å². The Morgan fingerprint density at radius 2 is 1.46 bits per heavy atom. The molecule has 0 amide bonds. The van der Waals surface area contributed by atoms with E-state index in [1.807, 2.05) is 19.1 Å². The Balaban J connectivity index is 2.05. The molecule has 0 spiro atoms. The van der Waals surface area contributed by atoms with Crippen molar-refractivity contribution in [2.24, 2.45) is 0 Å². The number of rotatable bonds is 5. The number of aliphatic hydroxyl groups is 1. The summed E-state index contributed by atoms with van der Waals surface area (Å²) in [4.78, 5) is 0. The van der Waals surface area contributed by atoms with Crippen LogP contribution in [0.4, 0.5) is 0 Å². The molecule has 0 saturated carbocycles. The van der Waals surface area contributed by atoms with Gasteiger partial charge in [0, 0.05) is 5.92 Å². The van der Waals surface area contributed by atoms with E-state index in [0.717, 1.165) is 37.2 Å². The summed E-state index contributed by atoms with van der Waals surface area (Å²) in [6, 6.07) is 12.8. The molecule has 0 aliphatic heterocycles. The lowest BCUT2D eigenvalue weighted by atomic mass is 9.84. The van der Waals surface area contributed by atoms with Crippen LogP contribution in [0.1, 0.15) is 47.9 Å². The van der Waals surface area contributed by atoms with Gasteiger partial charge in [0.25, 0.3) is 0 Å². The quantitative estimate of drug-likeness (QED) is 0.899. The highest BCUT2D eigenvalue weighted by molar-refractivity contribution is 5.49. The molecule has 3 heteroatoms. The van der Waals surface area contributed by atoms with Crippen LogP contribution in [-0.2, 0) is 12.8 Å². The van der Waals surface area contributed by atoms with Crippen LogP contribution in [0, 0.1) is 0 Å². The fraction of sp³-hybridized carbons (Fsp3) is 0.429. The van der Waals surface area contributed by atoms with E-state index in [2.05, 4.69) is 24.3 Å². The number of fused-ring (bicyclic) bond motifs is 2. The Morgan fingerprint density at radius 1 is 0.958 bits per heavy atom. The molecule has 2 aromatic rings. The fourth-order valence-corrected chi connectivity index (χ4v) is 3.69. The van der Waals surface area contributed by atoms with Crippen LogP contribution in [-0.4, -0.2) is 25.4 Å². The second kappa shape index (κ2) is 7.27. The first-order chi connectivity index (χ1) is 11.6. The Kier molecular flexibility index (Phi) is 5.10. The molecule has 3 nitrogen and oxygen atoms in total. The highest BCUT2D eigenvalue weighted by atomic mass is 16.5. The molecule has 0 aromatic heterocycles. The summed E-state index contributed by atoms with van der Waals surface area (Å²) in [5.41, 5.74) is 5.42. The summed E-state index contributed by atoms with van der Waals surface area (Å²) in [6.45, 7) is 1.86. The monoisotopic (exact) mass is 326 g/mol. The number of aliphatic hydroxyl groups excluding tert-OH is 1. The lowest BCUT2D eigenvalue weighted by molar-refractivity contribution is 0.180. The topological polar surface area (TPSA) is 38.7 Å². The van der Waals surface area contributed by atoms with Gasteiger partial charge in [0.15, 0.2) is 0 Å². The van der Waals surface area contributed by atoms with Crippen LogP contribution >= 0.6 is 0 Å². The van der Waals surface area contributed by atoms with Gasteiger partial charge < -0.3 is 14.6 Å². The maximum atomic E-state index is 9.77. The Labute approximate surface area is 144 Å². The SMILES string of the molecule is COc1ccc2c(c1)CCc1cc(OC)ccc1C2CCC(C)O. The molecule has 24 heavy (non-hydrogen) atoms. The van der Waals surface area contributed by atoms with Gasteiger partial charge in [0.2, 0.25) is 0 Å². The van der Waals surface area contributed by atoms with Crippen LogP contribution < -0.4 is 9.47 Å². The predicted molar refractivity (Wildman–Crippen MR) is 96.2 cm³/mol. The highest BCUT2D eigenvalue weighted by Gasteiger charge is 2.24. The van der Waals surface area contributed by atoms with Crippen molar-refractivity contribution in [3.8, 4) is 11.5 Å². The average Bonchev–Trinajstić information content (AvgIpc) is 2.75. The van der Waals surface area contributed by atoms with Crippen molar-refractivity contribution in [2.75, 3.05) is 14.2 Å². The largest absolute Gasteiger partial charge is 0.497 e. The average molecular weight is 326 g/mol. The minimum atomic E-state index is -0.281. The molecular weight excluding hydrogens is 300 g/mol. The van der Waals surface area contributed by atoms with Crippen LogP contribution in [0.5, 0.6) is 11.5 Å². The standard InChI is InChI=1S/C21H26O3/c1-14(22)4-9-21-19-10-7-17(23-2)12-15(19)5-6-16-13-18(24-3)8-11-20(16)21/h7-8,10-14,21-22H,4-6,9H2,1-3H3. The predicted octanol–water partition coefficient (Wildman–Crippen LogP) is 4.10. The molecule has 0 bridgehead atoms. The molecule has 128 valence electrons. The Bertz CT molecular complexity index is 651. The van der Waals surface area contributed by atoms with Gasteiger partial charge in [-0.15, -0.1) is 0 Å². The number of methoxy groups -OCH3 is 2. The van der Waals surface area contributed by atoms with Crippen molar-refractivity contribution >= 4 is 0 Å². The lowest BCUT2D eigenvalue weighted by Gasteiger charge is -2.22. The minimum absolute atomic E-state index is 0.281. The zero-order valence-electron chi connectivity index (χ0n) is 14.7. The molecule has 0 radical (unpaired) electrons. The summed E-state index contributed by atoms with van der Waals surface area (Å²) in [5.74, 6) is 2.13. The zero-order valence-corrected chi connectivity index (χ0v) is 14.7. The molecule has 1 aliphatic rings. The maximum absolute atomic E-state index is 9.77. The van der Waals surface area contributed by atoms with Gasteiger partial charge in [-0.05, 0) is 79.1 Å². The van der Waals surface area contributed by atoms with E-state index < -0.39 is 0 Å². The van der Waals surface area contributed by atoms with Crippen molar-refractivity contribution in [1.82, 2.24) is 0 Å². The van der Waals surface area contributed by atoms with E-state index >= 15 is 0 Å². The van der Waals surface area contributed by atoms with Crippen LogP contribution in [0.2, 0.25) is 0 Å². The van der Waals surface area contributed by atoms with Gasteiger partial charge in [0.1, 0.15) is 11.5 Å². The first-order valence-electron chi connectivity index (χ1n) is 8.64. The normalized spacial score (nSPS) is 15.2. The highest BCUT2D eigenvalue weighted by Crippen LogP contribution is 2.39. The summed E-state index contributed by atoms with van der Waals surface area (Å²) in [6.07, 6.45) is 3.45. The number of ether oxygens (including phenoxy) is 2. The minimum Gasteiger partial charge on any atom is -0.497 e. The summed E-state index contributed by atoms with van der Waals surface area (Å²) in [5, 5.41) is 9.77. The third kappa shape index (κ3) is 3.41. The van der Waals surface area contributed by atoms with Crippen LogP contribution in [0.25, 0.3) is 0 Å². The molecule has 0 heterocycles. The molecule has 1 aliphatic carbocycles. The molecule has 1 unspecified atom stereocenters. The molecule has 0 fully saturated rings. The van der Waals surface area contributed by atoms with Crippen molar-refractivity contribution in [3.63, 3.8) is 0 Å². The maximum Gasteiger partial charge on any atom is 0.119 e. The first kappa shape index (κ1) is 16.8. The van der Waals surface area contributed by atoms with E-state index in [9.17, 15) is 5.11 Å². The van der Waals surface area contributed by atoms with E-state index in [4.69, 9.17) is 9.47 Å². The van der Waals surface area contributed by atoms with Gasteiger partial charge in [-0.25, -0.2) is 0 Å². The number of hydrogen-bond donors (Lipinski definition) is 1. The van der Waals surface area contributed by atoms with Gasteiger partial charge in [-0.1, -0.05) is 12.1 Å². The van der Waals surface area contributed by atoms with Gasteiger partial charge >= 0.3 is 0 Å². The number of aryl methyl sites for hydroxylation is 2. The van der Waals surface area contributed by atoms with Crippen molar-refractivity contribution in [2.45, 2.75) is 44.6 Å². The van der Waals surface area contributed by atoms with Crippen LogP contribution in [0.15, 0.2) is 36.4 Å². The van der Waals surface area contributed by atoms with Crippen LogP contribution in [0.3, 0.4) is 0 Å². The number of hydrogen-bond acceptors (Lipinski definition) is 3. The molecule has 1 N–H and O–H groups in total. The summed E-state index contributed by atoms with van der Waals surface area (Å²) in [7, 11) is 3.42. The first-order valence-corrected chi connectivity index (χ1v) is 8.64.